The summed E-state index contributed by atoms with van der Waals surface area (Å²) in [5.74, 6) is 0. The van der Waals surface area contributed by atoms with Gasteiger partial charge in [0.2, 0.25) is 0 Å². The van der Waals surface area contributed by atoms with Crippen LogP contribution in [0.4, 0.5) is 0 Å². The first kappa shape index (κ1) is 9.98. The molecule has 3 heteroatoms. The van der Waals surface area contributed by atoms with Gasteiger partial charge in [0.25, 0.3) is 0 Å². The summed E-state index contributed by atoms with van der Waals surface area (Å²) in [5, 5.41) is 2.93. The van der Waals surface area contributed by atoms with Crippen molar-refractivity contribution in [1.82, 2.24) is 5.09 Å². The van der Waals surface area contributed by atoms with E-state index in [1.54, 1.807) is 0 Å². The maximum atomic E-state index is 2.93. The van der Waals surface area contributed by atoms with Crippen LogP contribution in [0, 0.1) is 0 Å². The summed E-state index contributed by atoms with van der Waals surface area (Å²) >= 11 is 0. The van der Waals surface area contributed by atoms with E-state index in [2.05, 4.69) is 21.4 Å². The van der Waals surface area contributed by atoms with E-state index in [4.69, 9.17) is 0 Å². The molecule has 0 fully saturated rings. The molecule has 1 nitrogen and oxygen atoms in total. The van der Waals surface area contributed by atoms with Crippen LogP contribution in [0.1, 0.15) is 13.3 Å². The molecule has 0 aliphatic heterocycles. The van der Waals surface area contributed by atoms with E-state index in [1.807, 2.05) is 0 Å². The van der Waals surface area contributed by atoms with Crippen molar-refractivity contribution in [1.29, 1.82) is 0 Å². The molecule has 0 aliphatic rings. The Balaban J connectivity index is 0. The standard InChI is InChI=1S/C3H10NP.BrH/c1-2-3-4-5;/h4H,2-3,5H2,1H3;1H. The molecule has 0 aromatic heterocycles. The number of hydrogen-bond donors (Lipinski definition) is 1. The lowest BCUT2D eigenvalue weighted by atomic mass is 10.5. The molecule has 1 unspecified atom stereocenters. The minimum absolute atomic E-state index is 0. The fourth-order valence-electron chi connectivity index (χ4n) is 0.144. The summed E-state index contributed by atoms with van der Waals surface area (Å²) in [5.41, 5.74) is 0. The van der Waals surface area contributed by atoms with Crippen LogP contribution in [-0.4, -0.2) is 6.54 Å². The van der Waals surface area contributed by atoms with Gasteiger partial charge in [0.1, 0.15) is 0 Å². The van der Waals surface area contributed by atoms with Gasteiger partial charge in [-0.3, -0.25) is 0 Å². The monoisotopic (exact) mass is 171 g/mol. The summed E-state index contributed by atoms with van der Waals surface area (Å²) in [6.45, 7) is 3.24. The summed E-state index contributed by atoms with van der Waals surface area (Å²) in [4.78, 5) is 0. The zero-order chi connectivity index (χ0) is 4.12. The molecule has 0 aromatic carbocycles. The zero-order valence-corrected chi connectivity index (χ0v) is 6.77. The zero-order valence-electron chi connectivity index (χ0n) is 3.90. The Labute approximate surface area is 51.9 Å². The average molecular weight is 172 g/mol. The molecule has 0 amide bonds. The van der Waals surface area contributed by atoms with E-state index in [1.165, 1.54) is 6.42 Å². The number of hydrogen-bond acceptors (Lipinski definition) is 1. The van der Waals surface area contributed by atoms with Gasteiger partial charge in [0.15, 0.2) is 0 Å². The van der Waals surface area contributed by atoms with E-state index in [-0.39, 0.29) is 17.0 Å². The first-order chi connectivity index (χ1) is 2.41. The Kier molecular flexibility index (Phi) is 15.5. The minimum Gasteiger partial charge on any atom is -0.301 e. The fraction of sp³-hybridized carbons (Fsp3) is 1.00. The molecule has 6 heavy (non-hydrogen) atoms. The van der Waals surface area contributed by atoms with Crippen molar-refractivity contribution < 1.29 is 0 Å². The Morgan fingerprint density at radius 2 is 2.17 bits per heavy atom. The predicted octanol–water partition coefficient (Wildman–Crippen LogP) is 1.35. The number of halogens is 1. The van der Waals surface area contributed by atoms with Crippen LogP contribution in [0.15, 0.2) is 0 Å². The van der Waals surface area contributed by atoms with Gasteiger partial charge < -0.3 is 5.09 Å². The summed E-state index contributed by atoms with van der Waals surface area (Å²) < 4.78 is 0. The van der Waals surface area contributed by atoms with Crippen molar-refractivity contribution in [3.05, 3.63) is 0 Å². The van der Waals surface area contributed by atoms with Gasteiger partial charge in [-0.15, -0.1) is 17.0 Å². The highest BCUT2D eigenvalue weighted by Gasteiger charge is 1.64. The van der Waals surface area contributed by atoms with Crippen molar-refractivity contribution >= 4 is 26.4 Å². The largest absolute Gasteiger partial charge is 0.301 e. The molecular weight excluding hydrogens is 161 g/mol. The quantitative estimate of drug-likeness (QED) is 0.620. The number of rotatable bonds is 2. The fourth-order valence-corrected chi connectivity index (χ4v) is 0.433. The highest BCUT2D eigenvalue weighted by atomic mass is 79.9. The lowest BCUT2D eigenvalue weighted by molar-refractivity contribution is 0.878. The lowest BCUT2D eigenvalue weighted by Gasteiger charge is -1.84. The van der Waals surface area contributed by atoms with E-state index in [0.717, 1.165) is 6.54 Å². The average Bonchev–Trinajstić information content (AvgIpc) is 1.41. The lowest BCUT2D eigenvalue weighted by Crippen LogP contribution is -1.95. The molecule has 40 valence electrons. The molecule has 0 bridgehead atoms. The molecule has 0 heterocycles. The third-order valence-corrected chi connectivity index (χ3v) is 0.683. The predicted molar refractivity (Wildman–Crippen MR) is 38.3 cm³/mol. The Morgan fingerprint density at radius 1 is 1.67 bits per heavy atom. The summed E-state index contributed by atoms with van der Waals surface area (Å²) in [6.07, 6.45) is 1.21. The SMILES string of the molecule is Br.CCCNP. The molecule has 0 aliphatic carbocycles. The van der Waals surface area contributed by atoms with Gasteiger partial charge in [-0.25, -0.2) is 0 Å². The van der Waals surface area contributed by atoms with Crippen LogP contribution in [0.2, 0.25) is 0 Å². The van der Waals surface area contributed by atoms with Crippen molar-refractivity contribution in [3.8, 4) is 0 Å². The molecule has 1 N–H and O–H groups in total. The number of nitrogens with one attached hydrogen (secondary N) is 1. The molecule has 0 aromatic rings. The van der Waals surface area contributed by atoms with Gasteiger partial charge in [-0.2, -0.15) is 0 Å². The van der Waals surface area contributed by atoms with Crippen molar-refractivity contribution in [2.24, 2.45) is 0 Å². The van der Waals surface area contributed by atoms with Crippen molar-refractivity contribution in [3.63, 3.8) is 0 Å². The van der Waals surface area contributed by atoms with Gasteiger partial charge in [-0.05, 0) is 13.0 Å². The molecule has 0 rings (SSSR count). The summed E-state index contributed by atoms with van der Waals surface area (Å²) in [6, 6.07) is 0. The van der Waals surface area contributed by atoms with Crippen LogP contribution >= 0.6 is 26.4 Å². The van der Waals surface area contributed by atoms with E-state index >= 15 is 0 Å². The summed E-state index contributed by atoms with van der Waals surface area (Å²) in [7, 11) is 2.45. The third kappa shape index (κ3) is 8.85. The van der Waals surface area contributed by atoms with Gasteiger partial charge in [0.05, 0.1) is 0 Å². The normalized spacial score (nSPS) is 7.00. The van der Waals surface area contributed by atoms with Crippen molar-refractivity contribution in [2.45, 2.75) is 13.3 Å². The smallest absolute Gasteiger partial charge is 0.00171 e. The Hall–Kier alpha value is 0.870. The molecule has 1 atom stereocenters. The molecular formula is C3H11BrNP. The highest BCUT2D eigenvalue weighted by molar-refractivity contribution is 8.93. The maximum Gasteiger partial charge on any atom is -0.00171 e. The Morgan fingerprint density at radius 3 is 2.17 bits per heavy atom. The minimum atomic E-state index is 0. The molecule has 0 saturated heterocycles. The van der Waals surface area contributed by atoms with E-state index in [0.29, 0.717) is 0 Å². The van der Waals surface area contributed by atoms with E-state index in [9.17, 15) is 0 Å². The van der Waals surface area contributed by atoms with Gasteiger partial charge in [-0.1, -0.05) is 16.3 Å². The second-order valence-electron chi connectivity index (χ2n) is 0.954. The molecule has 0 spiro atoms. The van der Waals surface area contributed by atoms with Gasteiger partial charge >= 0.3 is 0 Å². The van der Waals surface area contributed by atoms with Crippen LogP contribution in [0.3, 0.4) is 0 Å². The highest BCUT2D eigenvalue weighted by Crippen LogP contribution is 1.71. The van der Waals surface area contributed by atoms with Gasteiger partial charge in [0, 0.05) is 0 Å². The molecule has 0 saturated carbocycles. The molecule has 0 radical (unpaired) electrons. The topological polar surface area (TPSA) is 12.0 Å². The maximum absolute atomic E-state index is 2.93. The second kappa shape index (κ2) is 9.30. The first-order valence-corrected chi connectivity index (χ1v) is 2.43. The van der Waals surface area contributed by atoms with Crippen LogP contribution in [0.5, 0.6) is 0 Å². The third-order valence-electron chi connectivity index (χ3n) is 0.394. The Bertz CT molecular complexity index is 18.3. The second-order valence-corrected chi connectivity index (χ2v) is 1.36. The van der Waals surface area contributed by atoms with Crippen LogP contribution in [0.25, 0.3) is 0 Å². The van der Waals surface area contributed by atoms with E-state index < -0.39 is 0 Å². The first-order valence-electron chi connectivity index (χ1n) is 1.85. The van der Waals surface area contributed by atoms with Crippen LogP contribution in [-0.2, 0) is 0 Å². The van der Waals surface area contributed by atoms with Crippen molar-refractivity contribution in [2.75, 3.05) is 6.54 Å². The van der Waals surface area contributed by atoms with Crippen LogP contribution < -0.4 is 5.09 Å².